The number of rotatable bonds is 6. The van der Waals surface area contributed by atoms with E-state index in [4.69, 9.17) is 4.74 Å². The highest BCUT2D eigenvalue weighted by Gasteiger charge is 2.41. The van der Waals surface area contributed by atoms with Gasteiger partial charge in [-0.25, -0.2) is 0 Å². The number of pyridine rings is 1. The average molecular weight is 289 g/mol. The van der Waals surface area contributed by atoms with Crippen LogP contribution in [0.15, 0.2) is 18.5 Å². The first-order valence-electron chi connectivity index (χ1n) is 7.90. The van der Waals surface area contributed by atoms with E-state index >= 15 is 0 Å². The molecular formula is C16H23N3O2. The summed E-state index contributed by atoms with van der Waals surface area (Å²) in [5.74, 6) is 0.590. The predicted molar refractivity (Wildman–Crippen MR) is 81.4 cm³/mol. The first-order chi connectivity index (χ1) is 10.3. The molecule has 2 aliphatic rings. The van der Waals surface area contributed by atoms with Gasteiger partial charge >= 0.3 is 0 Å². The number of nitrogens with zero attached hydrogens (tertiary/aromatic N) is 1. The number of aromatic nitrogens is 1. The summed E-state index contributed by atoms with van der Waals surface area (Å²) in [5.41, 5.74) is 1.47. The van der Waals surface area contributed by atoms with Gasteiger partial charge in [-0.05, 0) is 37.7 Å². The molecule has 1 saturated heterocycles. The molecule has 0 radical (unpaired) electrons. The number of anilines is 1. The van der Waals surface area contributed by atoms with Crippen LogP contribution in [-0.4, -0.2) is 36.2 Å². The van der Waals surface area contributed by atoms with Crippen molar-refractivity contribution in [3.05, 3.63) is 24.0 Å². The number of amides is 1. The molecule has 114 valence electrons. The number of carbonyl (C=O) groups excluding carboxylic acids is 1. The van der Waals surface area contributed by atoms with Crippen molar-refractivity contribution >= 4 is 11.6 Å². The van der Waals surface area contributed by atoms with Gasteiger partial charge in [-0.2, -0.15) is 0 Å². The van der Waals surface area contributed by atoms with Crippen LogP contribution in [0.5, 0.6) is 0 Å². The topological polar surface area (TPSA) is 63.2 Å². The lowest BCUT2D eigenvalue weighted by atomic mass is 10.1. The van der Waals surface area contributed by atoms with Gasteiger partial charge in [-0.15, -0.1) is 0 Å². The Balaban J connectivity index is 1.67. The molecule has 2 atom stereocenters. The zero-order valence-electron chi connectivity index (χ0n) is 12.5. The third kappa shape index (κ3) is 3.35. The van der Waals surface area contributed by atoms with Crippen LogP contribution in [-0.2, 0) is 4.74 Å². The van der Waals surface area contributed by atoms with Gasteiger partial charge in [-0.1, -0.05) is 6.92 Å². The Bertz CT molecular complexity index is 502. The van der Waals surface area contributed by atoms with Crippen LogP contribution in [0.3, 0.4) is 0 Å². The molecule has 2 fully saturated rings. The smallest absolute Gasteiger partial charge is 0.255 e. The van der Waals surface area contributed by atoms with E-state index in [-0.39, 0.29) is 18.1 Å². The highest BCUT2D eigenvalue weighted by Crippen LogP contribution is 2.38. The van der Waals surface area contributed by atoms with Crippen LogP contribution in [0.4, 0.5) is 5.69 Å². The quantitative estimate of drug-likeness (QED) is 0.842. The van der Waals surface area contributed by atoms with Gasteiger partial charge < -0.3 is 15.4 Å². The summed E-state index contributed by atoms with van der Waals surface area (Å²) < 4.78 is 5.78. The van der Waals surface area contributed by atoms with E-state index in [1.54, 1.807) is 12.4 Å². The van der Waals surface area contributed by atoms with Gasteiger partial charge in [0.25, 0.3) is 5.91 Å². The number of nitrogens with one attached hydrogen (secondary N) is 2. The van der Waals surface area contributed by atoms with Crippen molar-refractivity contribution in [3.8, 4) is 0 Å². The van der Waals surface area contributed by atoms with Crippen molar-refractivity contribution < 1.29 is 9.53 Å². The summed E-state index contributed by atoms with van der Waals surface area (Å²) in [6.07, 6.45) is 7.93. The van der Waals surface area contributed by atoms with Crippen LogP contribution in [0.1, 0.15) is 43.0 Å². The second-order valence-electron chi connectivity index (χ2n) is 5.89. The third-order valence-corrected chi connectivity index (χ3v) is 4.17. The molecule has 1 amide bonds. The van der Waals surface area contributed by atoms with E-state index in [0.29, 0.717) is 11.5 Å². The summed E-state index contributed by atoms with van der Waals surface area (Å²) in [4.78, 5) is 16.6. The maximum absolute atomic E-state index is 12.5. The fourth-order valence-electron chi connectivity index (χ4n) is 2.89. The zero-order chi connectivity index (χ0) is 14.7. The molecule has 1 aliphatic heterocycles. The number of hydrogen-bond donors (Lipinski definition) is 2. The van der Waals surface area contributed by atoms with Crippen LogP contribution >= 0.6 is 0 Å². The lowest BCUT2D eigenvalue weighted by molar-refractivity contribution is 0.0730. The molecule has 1 saturated carbocycles. The molecule has 2 unspecified atom stereocenters. The van der Waals surface area contributed by atoms with Gasteiger partial charge in [0.15, 0.2) is 0 Å². The van der Waals surface area contributed by atoms with Crippen molar-refractivity contribution in [1.29, 1.82) is 0 Å². The SMILES string of the molecule is CCCNc1ccncc1C(=O)NC1CCOC1C1CC1. The average Bonchev–Trinajstić information content (AvgIpc) is 3.25. The molecule has 21 heavy (non-hydrogen) atoms. The Hall–Kier alpha value is -1.62. The minimum atomic E-state index is -0.0529. The van der Waals surface area contributed by atoms with E-state index in [2.05, 4.69) is 22.5 Å². The number of hydrogen-bond acceptors (Lipinski definition) is 4. The number of ether oxygens (including phenoxy) is 1. The summed E-state index contributed by atoms with van der Waals surface area (Å²) in [7, 11) is 0. The van der Waals surface area contributed by atoms with Crippen LogP contribution < -0.4 is 10.6 Å². The van der Waals surface area contributed by atoms with Crippen LogP contribution in [0, 0.1) is 5.92 Å². The molecule has 0 aromatic carbocycles. The lowest BCUT2D eigenvalue weighted by Gasteiger charge is -2.20. The molecule has 1 aliphatic carbocycles. The fourth-order valence-corrected chi connectivity index (χ4v) is 2.89. The molecule has 0 bridgehead atoms. The molecule has 1 aromatic heterocycles. The highest BCUT2D eigenvalue weighted by atomic mass is 16.5. The molecule has 3 rings (SSSR count). The Morgan fingerprint density at radius 1 is 1.43 bits per heavy atom. The minimum Gasteiger partial charge on any atom is -0.384 e. The predicted octanol–water partition coefficient (Wildman–Crippen LogP) is 2.20. The molecule has 5 heteroatoms. The second kappa shape index (κ2) is 6.43. The van der Waals surface area contributed by atoms with Crippen molar-refractivity contribution in [2.24, 2.45) is 5.92 Å². The van der Waals surface area contributed by atoms with E-state index in [1.165, 1.54) is 12.8 Å². The Morgan fingerprint density at radius 2 is 2.29 bits per heavy atom. The summed E-state index contributed by atoms with van der Waals surface area (Å²) >= 11 is 0. The van der Waals surface area contributed by atoms with Crippen molar-refractivity contribution in [2.75, 3.05) is 18.5 Å². The van der Waals surface area contributed by atoms with Crippen molar-refractivity contribution in [2.45, 2.75) is 44.8 Å². The van der Waals surface area contributed by atoms with E-state index in [9.17, 15) is 4.79 Å². The molecule has 2 heterocycles. The van der Waals surface area contributed by atoms with Gasteiger partial charge in [0, 0.05) is 25.5 Å². The Morgan fingerprint density at radius 3 is 3.05 bits per heavy atom. The maximum atomic E-state index is 12.5. The first kappa shape index (κ1) is 14.3. The van der Waals surface area contributed by atoms with E-state index in [0.717, 1.165) is 31.7 Å². The first-order valence-corrected chi connectivity index (χ1v) is 7.90. The van der Waals surface area contributed by atoms with Crippen molar-refractivity contribution in [1.82, 2.24) is 10.3 Å². The van der Waals surface area contributed by atoms with E-state index in [1.807, 2.05) is 6.07 Å². The Labute approximate surface area is 125 Å². The van der Waals surface area contributed by atoms with E-state index < -0.39 is 0 Å². The van der Waals surface area contributed by atoms with Gasteiger partial charge in [0.2, 0.25) is 0 Å². The molecule has 1 aromatic rings. The molecule has 2 N–H and O–H groups in total. The van der Waals surface area contributed by atoms with Gasteiger partial charge in [-0.3, -0.25) is 9.78 Å². The molecular weight excluding hydrogens is 266 g/mol. The number of carbonyl (C=O) groups is 1. The van der Waals surface area contributed by atoms with Gasteiger partial charge in [0.05, 0.1) is 23.4 Å². The molecule has 5 nitrogen and oxygen atoms in total. The summed E-state index contributed by atoms with van der Waals surface area (Å²) in [6.45, 7) is 3.70. The highest BCUT2D eigenvalue weighted by molar-refractivity contribution is 5.99. The zero-order valence-corrected chi connectivity index (χ0v) is 12.5. The van der Waals surface area contributed by atoms with Gasteiger partial charge in [0.1, 0.15) is 0 Å². The van der Waals surface area contributed by atoms with Crippen LogP contribution in [0.2, 0.25) is 0 Å². The third-order valence-electron chi connectivity index (χ3n) is 4.17. The normalized spacial score (nSPS) is 24.8. The fraction of sp³-hybridized carbons (Fsp3) is 0.625. The van der Waals surface area contributed by atoms with Crippen LogP contribution in [0.25, 0.3) is 0 Å². The molecule has 0 spiro atoms. The van der Waals surface area contributed by atoms with Crippen molar-refractivity contribution in [3.63, 3.8) is 0 Å². The maximum Gasteiger partial charge on any atom is 0.255 e. The minimum absolute atomic E-state index is 0.0529. The lowest BCUT2D eigenvalue weighted by Crippen LogP contribution is -2.41. The second-order valence-corrected chi connectivity index (χ2v) is 5.89. The Kier molecular flexibility index (Phi) is 4.39. The standard InChI is InChI=1S/C16H23N3O2/c1-2-7-18-13-5-8-17-10-12(13)16(20)19-14-6-9-21-15(14)11-3-4-11/h5,8,10-11,14-15H,2-4,6-7,9H2,1H3,(H,17,18)(H,19,20). The largest absolute Gasteiger partial charge is 0.384 e. The monoisotopic (exact) mass is 289 g/mol. The summed E-state index contributed by atoms with van der Waals surface area (Å²) in [6, 6.07) is 2.00. The summed E-state index contributed by atoms with van der Waals surface area (Å²) in [5, 5.41) is 6.42.